The van der Waals surface area contributed by atoms with Gasteiger partial charge in [0.25, 0.3) is 0 Å². The number of fused-ring (bicyclic) bond motifs is 1. The zero-order valence-corrected chi connectivity index (χ0v) is 13.7. The van der Waals surface area contributed by atoms with Crippen LogP contribution >= 0.6 is 0 Å². The van der Waals surface area contributed by atoms with E-state index in [1.807, 2.05) is 26.1 Å². The lowest BCUT2D eigenvalue weighted by Crippen LogP contribution is -2.36. The predicted molar refractivity (Wildman–Crippen MR) is 88.1 cm³/mol. The number of aliphatic carboxylic acids is 1. The van der Waals surface area contributed by atoms with E-state index in [0.29, 0.717) is 0 Å². The van der Waals surface area contributed by atoms with Crippen LogP contribution in [0.1, 0.15) is 37.4 Å². The standard InChI is InChI=1S/C18H23N3O2/c1-18(2,10-16(22)23)17-19-11-15-13-20(8-9-21(15)17)12-14-6-4-3-5-7-14/h3-7,11H,8-10,12-13H2,1-2H3,(H,22,23). The molecule has 2 aromatic rings. The normalized spacial score (nSPS) is 15.4. The molecule has 5 heteroatoms. The van der Waals surface area contributed by atoms with E-state index >= 15 is 0 Å². The third-order valence-corrected chi connectivity index (χ3v) is 4.41. The van der Waals surface area contributed by atoms with Gasteiger partial charge in [0.15, 0.2) is 0 Å². The van der Waals surface area contributed by atoms with Crippen molar-refractivity contribution in [1.29, 1.82) is 0 Å². The summed E-state index contributed by atoms with van der Waals surface area (Å²) in [5.74, 6) is 0.100. The second-order valence-electron chi connectivity index (χ2n) is 6.88. The van der Waals surface area contributed by atoms with Crippen LogP contribution in [0, 0.1) is 0 Å². The molecule has 0 saturated carbocycles. The molecule has 0 saturated heterocycles. The average molecular weight is 313 g/mol. The molecule has 0 aliphatic carbocycles. The van der Waals surface area contributed by atoms with Crippen molar-refractivity contribution in [3.63, 3.8) is 0 Å². The number of hydrogen-bond donors (Lipinski definition) is 1. The van der Waals surface area contributed by atoms with E-state index in [1.54, 1.807) is 0 Å². The lowest BCUT2D eigenvalue weighted by Gasteiger charge is -2.31. The Morgan fingerprint density at radius 1 is 1.26 bits per heavy atom. The minimum absolute atomic E-state index is 0.0944. The first-order valence-corrected chi connectivity index (χ1v) is 7.99. The van der Waals surface area contributed by atoms with Crippen LogP contribution in [-0.4, -0.2) is 32.1 Å². The Labute approximate surface area is 136 Å². The number of hydrogen-bond acceptors (Lipinski definition) is 3. The minimum atomic E-state index is -0.783. The quantitative estimate of drug-likeness (QED) is 0.922. The number of carboxylic acids is 1. The average Bonchev–Trinajstić information content (AvgIpc) is 2.91. The molecule has 122 valence electrons. The van der Waals surface area contributed by atoms with Crippen molar-refractivity contribution >= 4 is 5.97 Å². The van der Waals surface area contributed by atoms with Gasteiger partial charge in [0, 0.05) is 37.8 Å². The van der Waals surface area contributed by atoms with Gasteiger partial charge in [0.05, 0.1) is 12.1 Å². The monoisotopic (exact) mass is 313 g/mol. The molecule has 0 radical (unpaired) electrons. The lowest BCUT2D eigenvalue weighted by atomic mass is 9.88. The predicted octanol–water partition coefficient (Wildman–Crippen LogP) is 2.65. The molecule has 0 bridgehead atoms. The molecule has 2 heterocycles. The van der Waals surface area contributed by atoms with Crippen molar-refractivity contribution < 1.29 is 9.90 Å². The van der Waals surface area contributed by atoms with Gasteiger partial charge in [-0.15, -0.1) is 0 Å². The van der Waals surface area contributed by atoms with E-state index in [9.17, 15) is 4.79 Å². The number of rotatable bonds is 5. The number of aromatic nitrogens is 2. The van der Waals surface area contributed by atoms with Crippen molar-refractivity contribution in [3.05, 3.63) is 53.6 Å². The van der Waals surface area contributed by atoms with Crippen molar-refractivity contribution in [3.8, 4) is 0 Å². The highest BCUT2D eigenvalue weighted by Gasteiger charge is 2.31. The van der Waals surface area contributed by atoms with E-state index in [-0.39, 0.29) is 6.42 Å². The fourth-order valence-electron chi connectivity index (χ4n) is 3.31. The Morgan fingerprint density at radius 3 is 2.70 bits per heavy atom. The smallest absolute Gasteiger partial charge is 0.304 e. The number of carbonyl (C=O) groups is 1. The molecular weight excluding hydrogens is 290 g/mol. The molecule has 0 fully saturated rings. The minimum Gasteiger partial charge on any atom is -0.481 e. The van der Waals surface area contributed by atoms with Crippen LogP contribution in [0.4, 0.5) is 0 Å². The first kappa shape index (κ1) is 15.7. The van der Waals surface area contributed by atoms with Crippen molar-refractivity contribution in [2.45, 2.75) is 45.3 Å². The number of nitrogens with zero attached hydrogens (tertiary/aromatic N) is 3. The summed E-state index contributed by atoms with van der Waals surface area (Å²) in [5.41, 5.74) is 2.03. The summed E-state index contributed by atoms with van der Waals surface area (Å²) in [6, 6.07) is 10.5. The summed E-state index contributed by atoms with van der Waals surface area (Å²) in [4.78, 5) is 18.0. The molecule has 0 unspecified atom stereocenters. The maximum atomic E-state index is 11.1. The zero-order valence-electron chi connectivity index (χ0n) is 13.7. The highest BCUT2D eigenvalue weighted by molar-refractivity contribution is 5.68. The van der Waals surface area contributed by atoms with Crippen LogP contribution < -0.4 is 0 Å². The van der Waals surface area contributed by atoms with E-state index in [0.717, 1.165) is 32.0 Å². The molecular formula is C18H23N3O2. The van der Waals surface area contributed by atoms with Crippen LogP contribution in [0.2, 0.25) is 0 Å². The maximum Gasteiger partial charge on any atom is 0.304 e. The highest BCUT2D eigenvalue weighted by Crippen LogP contribution is 2.29. The first-order valence-electron chi connectivity index (χ1n) is 7.99. The fraction of sp³-hybridized carbons (Fsp3) is 0.444. The molecule has 1 aliphatic rings. The molecule has 0 amide bonds. The Kier molecular flexibility index (Phi) is 4.22. The Bertz CT molecular complexity index is 692. The summed E-state index contributed by atoms with van der Waals surface area (Å²) in [7, 11) is 0. The van der Waals surface area contributed by atoms with E-state index in [1.165, 1.54) is 11.3 Å². The largest absolute Gasteiger partial charge is 0.481 e. The number of benzene rings is 1. The Hall–Kier alpha value is -2.14. The molecule has 1 N–H and O–H groups in total. The molecule has 0 spiro atoms. The zero-order chi connectivity index (χ0) is 16.4. The summed E-state index contributed by atoms with van der Waals surface area (Å²) in [5, 5.41) is 9.11. The van der Waals surface area contributed by atoms with E-state index < -0.39 is 11.4 Å². The SMILES string of the molecule is CC(C)(CC(=O)O)c1ncc2n1CCN(Cc1ccccc1)C2. The van der Waals surface area contributed by atoms with Gasteiger partial charge >= 0.3 is 5.97 Å². The molecule has 23 heavy (non-hydrogen) atoms. The van der Waals surface area contributed by atoms with Crippen LogP contribution in [0.5, 0.6) is 0 Å². The fourth-order valence-corrected chi connectivity index (χ4v) is 3.31. The van der Waals surface area contributed by atoms with Crippen LogP contribution in [0.25, 0.3) is 0 Å². The maximum absolute atomic E-state index is 11.1. The van der Waals surface area contributed by atoms with Gasteiger partial charge in [-0.3, -0.25) is 9.69 Å². The van der Waals surface area contributed by atoms with Crippen molar-refractivity contribution in [2.24, 2.45) is 0 Å². The summed E-state index contributed by atoms with van der Waals surface area (Å²) in [6.45, 7) is 7.50. The Morgan fingerprint density at radius 2 is 2.00 bits per heavy atom. The van der Waals surface area contributed by atoms with Gasteiger partial charge in [-0.25, -0.2) is 4.98 Å². The first-order chi connectivity index (χ1) is 11.0. The molecule has 1 aromatic carbocycles. The molecule has 0 atom stereocenters. The summed E-state index contributed by atoms with van der Waals surface area (Å²) in [6.07, 6.45) is 1.99. The summed E-state index contributed by atoms with van der Waals surface area (Å²) >= 11 is 0. The number of carboxylic acid groups (broad SMARTS) is 1. The van der Waals surface area contributed by atoms with Gasteiger partial charge in [0.2, 0.25) is 0 Å². The van der Waals surface area contributed by atoms with Gasteiger partial charge in [0.1, 0.15) is 5.82 Å². The third kappa shape index (κ3) is 3.45. The van der Waals surface area contributed by atoms with Gasteiger partial charge in [-0.05, 0) is 5.56 Å². The Balaban J connectivity index is 1.75. The van der Waals surface area contributed by atoms with Crippen LogP contribution in [0.3, 0.4) is 0 Å². The molecule has 1 aromatic heterocycles. The van der Waals surface area contributed by atoms with Gasteiger partial charge in [-0.2, -0.15) is 0 Å². The van der Waals surface area contributed by atoms with Crippen LogP contribution in [0.15, 0.2) is 36.5 Å². The second-order valence-corrected chi connectivity index (χ2v) is 6.88. The lowest BCUT2D eigenvalue weighted by molar-refractivity contribution is -0.138. The molecule has 5 nitrogen and oxygen atoms in total. The third-order valence-electron chi connectivity index (χ3n) is 4.41. The van der Waals surface area contributed by atoms with Crippen LogP contribution in [-0.2, 0) is 29.8 Å². The number of imidazole rings is 1. The van der Waals surface area contributed by atoms with Gasteiger partial charge < -0.3 is 9.67 Å². The van der Waals surface area contributed by atoms with Crippen molar-refractivity contribution in [2.75, 3.05) is 6.54 Å². The highest BCUT2D eigenvalue weighted by atomic mass is 16.4. The second kappa shape index (κ2) is 6.16. The van der Waals surface area contributed by atoms with E-state index in [2.05, 4.69) is 38.7 Å². The van der Waals surface area contributed by atoms with Gasteiger partial charge in [-0.1, -0.05) is 44.2 Å². The summed E-state index contributed by atoms with van der Waals surface area (Å²) < 4.78 is 2.20. The molecule has 3 rings (SSSR count). The topological polar surface area (TPSA) is 58.4 Å². The van der Waals surface area contributed by atoms with E-state index in [4.69, 9.17) is 5.11 Å². The van der Waals surface area contributed by atoms with Crippen molar-refractivity contribution in [1.82, 2.24) is 14.5 Å². The molecule has 1 aliphatic heterocycles.